The number of hydrogen-bond acceptors (Lipinski definition) is 6. The Balaban J connectivity index is 2.22. The van der Waals surface area contributed by atoms with E-state index in [1.807, 2.05) is 0 Å². The molecule has 10 nitrogen and oxygen atoms in total. The Hall–Kier alpha value is -4.49. The number of hydrogen-bond donors (Lipinski definition) is 5. The van der Waals surface area contributed by atoms with E-state index in [-0.39, 0.29) is 25.1 Å². The summed E-state index contributed by atoms with van der Waals surface area (Å²) in [7, 11) is 0. The van der Waals surface area contributed by atoms with E-state index < -0.39 is 42.3 Å². The minimum Gasteiger partial charge on any atom is -0.481 e. The number of carboxylic acid groups (broad SMARTS) is 2. The van der Waals surface area contributed by atoms with Gasteiger partial charge in [-0.2, -0.15) is 0 Å². The van der Waals surface area contributed by atoms with E-state index in [2.05, 4.69) is 11.8 Å². The van der Waals surface area contributed by atoms with Gasteiger partial charge in [0.25, 0.3) is 0 Å². The van der Waals surface area contributed by atoms with Gasteiger partial charge >= 0.3 is 11.9 Å². The van der Waals surface area contributed by atoms with Crippen molar-refractivity contribution < 1.29 is 29.4 Å². The number of aliphatic carboxylic acids is 2. The molecule has 7 N–H and O–H groups in total. The van der Waals surface area contributed by atoms with Crippen LogP contribution in [0.3, 0.4) is 0 Å². The zero-order valence-electron chi connectivity index (χ0n) is 18.8. The first-order chi connectivity index (χ1) is 16.6. The van der Waals surface area contributed by atoms with Crippen LogP contribution in [0, 0.1) is 17.3 Å². The van der Waals surface area contributed by atoms with Crippen LogP contribution in [0.2, 0.25) is 0 Å². The third-order valence-corrected chi connectivity index (χ3v) is 4.98. The monoisotopic (exact) mass is 478 g/mol. The minimum absolute atomic E-state index is 0.0168. The molecule has 2 aromatic carbocycles. The Morgan fingerprint density at radius 3 is 2.17 bits per heavy atom. The molecular weight excluding hydrogens is 452 g/mol. The molecule has 0 aromatic heterocycles. The second-order valence-corrected chi connectivity index (χ2v) is 7.64. The van der Waals surface area contributed by atoms with Crippen molar-refractivity contribution in [2.75, 3.05) is 0 Å². The second-order valence-electron chi connectivity index (χ2n) is 7.64. The molecule has 35 heavy (non-hydrogen) atoms. The highest BCUT2D eigenvalue weighted by Crippen LogP contribution is 2.14. The van der Waals surface area contributed by atoms with Crippen molar-refractivity contribution in [2.24, 2.45) is 11.5 Å². The summed E-state index contributed by atoms with van der Waals surface area (Å²) in [5.74, 6) is 0.880. The smallest absolute Gasteiger partial charge is 0.327 e. The number of benzene rings is 2. The van der Waals surface area contributed by atoms with Gasteiger partial charge in [0.05, 0.1) is 12.5 Å². The maximum atomic E-state index is 13.0. The number of nitrogens with one attached hydrogen (secondary N) is 1. The average Bonchev–Trinajstić information content (AvgIpc) is 2.81. The van der Waals surface area contributed by atoms with Gasteiger partial charge in [-0.25, -0.2) is 4.79 Å². The molecule has 2 atom stereocenters. The van der Waals surface area contributed by atoms with Crippen LogP contribution < -0.4 is 11.5 Å². The Labute approximate surface area is 202 Å². The van der Waals surface area contributed by atoms with Crippen molar-refractivity contribution in [1.82, 2.24) is 4.90 Å². The summed E-state index contributed by atoms with van der Waals surface area (Å²) in [5, 5.41) is 26.2. The van der Waals surface area contributed by atoms with E-state index in [0.29, 0.717) is 21.6 Å². The second kappa shape index (κ2) is 12.7. The van der Waals surface area contributed by atoms with Crippen molar-refractivity contribution in [3.63, 3.8) is 0 Å². The number of nitrogens with two attached hydrogens (primary N) is 2. The average molecular weight is 479 g/mol. The molecule has 2 amide bonds. The van der Waals surface area contributed by atoms with Gasteiger partial charge in [-0.1, -0.05) is 54.3 Å². The zero-order valence-corrected chi connectivity index (χ0v) is 18.8. The largest absolute Gasteiger partial charge is 0.481 e. The highest BCUT2D eigenvalue weighted by Gasteiger charge is 2.37. The molecule has 0 radical (unpaired) electrons. The summed E-state index contributed by atoms with van der Waals surface area (Å²) in [6.45, 7) is 0. The van der Waals surface area contributed by atoms with Gasteiger partial charge < -0.3 is 21.7 Å². The molecule has 0 bridgehead atoms. The standard InChI is InChI=1S/C25H26N4O6/c26-19(15-22(31)32)24(33)29(20(25(34)35)14-17-7-2-1-3-8-17)21(30)9-5-4-6-16-10-12-18(13-11-16)23(27)28/h1-3,7-8,10-13,19-20H,5,9,14-15,26H2,(H3,27,28)(H,31,32)(H,34,35)/t19-,20-/m0/s1. The van der Waals surface area contributed by atoms with Gasteiger partial charge in [-0.05, 0) is 17.7 Å². The van der Waals surface area contributed by atoms with Gasteiger partial charge in [0.2, 0.25) is 11.8 Å². The van der Waals surface area contributed by atoms with Crippen LogP contribution in [0.1, 0.15) is 36.0 Å². The number of rotatable bonds is 10. The highest BCUT2D eigenvalue weighted by molar-refractivity contribution is 6.02. The summed E-state index contributed by atoms with van der Waals surface area (Å²) in [4.78, 5) is 49.5. The Bertz CT molecular complexity index is 1150. The summed E-state index contributed by atoms with van der Waals surface area (Å²) in [5.41, 5.74) is 12.8. The SMILES string of the molecule is N=C(N)c1ccc(C#CCCC(=O)N(C(=O)[C@@H](N)CC(=O)O)[C@@H](Cc2ccccc2)C(=O)O)cc1. The number of carboxylic acids is 2. The molecule has 0 heterocycles. The van der Waals surface area contributed by atoms with Crippen LogP contribution in [0.25, 0.3) is 0 Å². The fourth-order valence-electron chi connectivity index (χ4n) is 3.22. The van der Waals surface area contributed by atoms with Gasteiger partial charge in [0.15, 0.2) is 0 Å². The lowest BCUT2D eigenvalue weighted by atomic mass is 10.0. The molecule has 0 aliphatic rings. The van der Waals surface area contributed by atoms with Gasteiger partial charge in [0, 0.05) is 30.4 Å². The number of amidine groups is 1. The lowest BCUT2D eigenvalue weighted by Crippen LogP contribution is -2.55. The van der Waals surface area contributed by atoms with Crippen molar-refractivity contribution in [3.8, 4) is 11.8 Å². The molecule has 2 rings (SSSR count). The summed E-state index contributed by atoms with van der Waals surface area (Å²) >= 11 is 0. The fourth-order valence-corrected chi connectivity index (χ4v) is 3.22. The van der Waals surface area contributed by atoms with Gasteiger partial charge in [-0.3, -0.25) is 24.7 Å². The number of amides is 2. The van der Waals surface area contributed by atoms with Crippen LogP contribution in [0.15, 0.2) is 54.6 Å². The number of carbonyl (C=O) groups excluding carboxylic acids is 2. The Morgan fingerprint density at radius 1 is 1.00 bits per heavy atom. The first kappa shape index (κ1) is 26.8. The topological polar surface area (TPSA) is 188 Å². The first-order valence-electron chi connectivity index (χ1n) is 10.6. The molecule has 0 aliphatic carbocycles. The molecule has 0 fully saturated rings. The van der Waals surface area contributed by atoms with Crippen LogP contribution >= 0.6 is 0 Å². The molecule has 10 heteroatoms. The number of nitrogens with zero attached hydrogens (tertiary/aromatic N) is 1. The third-order valence-electron chi connectivity index (χ3n) is 4.98. The molecule has 0 unspecified atom stereocenters. The van der Waals surface area contributed by atoms with E-state index in [4.69, 9.17) is 22.0 Å². The van der Waals surface area contributed by atoms with Crippen molar-refractivity contribution in [1.29, 1.82) is 5.41 Å². The quantitative estimate of drug-likeness (QED) is 0.190. The maximum Gasteiger partial charge on any atom is 0.327 e. The van der Waals surface area contributed by atoms with Gasteiger partial charge in [0.1, 0.15) is 11.9 Å². The first-order valence-corrected chi connectivity index (χ1v) is 10.6. The number of nitrogen functional groups attached to an aromatic ring is 1. The molecular formula is C25H26N4O6. The Kier molecular flexibility index (Phi) is 9.69. The van der Waals surface area contributed by atoms with Crippen molar-refractivity contribution >= 4 is 29.6 Å². The zero-order chi connectivity index (χ0) is 26.0. The van der Waals surface area contributed by atoms with Crippen LogP contribution in [-0.4, -0.2) is 56.8 Å². The predicted molar refractivity (Wildman–Crippen MR) is 127 cm³/mol. The highest BCUT2D eigenvalue weighted by atomic mass is 16.4. The molecule has 0 aliphatic heterocycles. The molecule has 0 saturated heterocycles. The van der Waals surface area contributed by atoms with E-state index in [0.717, 1.165) is 0 Å². The molecule has 0 saturated carbocycles. The number of imide groups is 1. The third kappa shape index (κ3) is 8.10. The van der Waals surface area contributed by atoms with E-state index in [1.54, 1.807) is 54.6 Å². The lowest BCUT2D eigenvalue weighted by molar-refractivity contribution is -0.159. The predicted octanol–water partition coefficient (Wildman–Crippen LogP) is 0.955. The lowest BCUT2D eigenvalue weighted by Gasteiger charge is -2.29. The maximum absolute atomic E-state index is 13.0. The summed E-state index contributed by atoms with van der Waals surface area (Å²) in [6.07, 6.45) is -1.18. The van der Waals surface area contributed by atoms with Crippen LogP contribution in [0.5, 0.6) is 0 Å². The summed E-state index contributed by atoms with van der Waals surface area (Å²) < 4.78 is 0. The molecule has 2 aromatic rings. The van der Waals surface area contributed by atoms with E-state index in [9.17, 15) is 24.3 Å². The van der Waals surface area contributed by atoms with Crippen molar-refractivity contribution in [3.05, 3.63) is 71.3 Å². The normalized spacial score (nSPS) is 11.9. The van der Waals surface area contributed by atoms with Crippen LogP contribution in [0.4, 0.5) is 0 Å². The van der Waals surface area contributed by atoms with E-state index in [1.165, 1.54) is 0 Å². The van der Waals surface area contributed by atoms with Gasteiger partial charge in [-0.15, -0.1) is 0 Å². The van der Waals surface area contributed by atoms with E-state index >= 15 is 0 Å². The fraction of sp³-hybridized carbons (Fsp3) is 0.240. The summed E-state index contributed by atoms with van der Waals surface area (Å²) in [6, 6.07) is 11.9. The number of carbonyl (C=O) groups is 4. The van der Waals surface area contributed by atoms with Crippen molar-refractivity contribution in [2.45, 2.75) is 37.8 Å². The molecule has 0 spiro atoms. The molecule has 182 valence electrons. The Morgan fingerprint density at radius 2 is 1.63 bits per heavy atom. The van der Waals surface area contributed by atoms with Crippen LogP contribution in [-0.2, 0) is 25.6 Å². The minimum atomic E-state index is -1.58.